The number of nitrogens with zero attached hydrogens (tertiary/aromatic N) is 2. The van der Waals surface area contributed by atoms with Crippen LogP contribution in [-0.2, 0) is 0 Å². The third-order valence-electron chi connectivity index (χ3n) is 2.80. The van der Waals surface area contributed by atoms with Crippen molar-refractivity contribution in [3.63, 3.8) is 0 Å². The molecule has 0 amide bonds. The van der Waals surface area contributed by atoms with Crippen molar-refractivity contribution in [2.75, 3.05) is 0 Å². The molecule has 0 aliphatic rings. The number of halogens is 2. The van der Waals surface area contributed by atoms with Gasteiger partial charge in [0.15, 0.2) is 0 Å². The first-order valence-corrected chi connectivity index (χ1v) is 5.74. The van der Waals surface area contributed by atoms with Crippen molar-refractivity contribution < 1.29 is 0 Å². The molecule has 0 saturated heterocycles. The third-order valence-corrected chi connectivity index (χ3v) is 3.54. The van der Waals surface area contributed by atoms with Gasteiger partial charge in [-0.05, 0) is 44.5 Å². The SMILES string of the molecule is Cc1nn(-c2ccc(Cl)c(Cl)c2)c(C)c1C. The van der Waals surface area contributed by atoms with Crippen LogP contribution in [-0.4, -0.2) is 9.78 Å². The zero-order valence-electron chi connectivity index (χ0n) is 9.38. The zero-order valence-corrected chi connectivity index (χ0v) is 10.9. The smallest absolute Gasteiger partial charge is 0.0664 e. The van der Waals surface area contributed by atoms with Crippen molar-refractivity contribution in [1.82, 2.24) is 9.78 Å². The molecule has 0 radical (unpaired) electrons. The normalized spacial score (nSPS) is 10.8. The Hall–Kier alpha value is -0.990. The van der Waals surface area contributed by atoms with Crippen LogP contribution in [0.3, 0.4) is 0 Å². The molecule has 0 atom stereocenters. The molecule has 0 saturated carbocycles. The summed E-state index contributed by atoms with van der Waals surface area (Å²) >= 11 is 11.9. The predicted octanol–water partition coefficient (Wildman–Crippen LogP) is 4.10. The molecule has 0 unspecified atom stereocenters. The largest absolute Gasteiger partial charge is 0.238 e. The minimum atomic E-state index is 0.546. The van der Waals surface area contributed by atoms with Gasteiger partial charge in [-0.3, -0.25) is 0 Å². The fourth-order valence-electron chi connectivity index (χ4n) is 1.59. The van der Waals surface area contributed by atoms with E-state index in [2.05, 4.69) is 12.0 Å². The third kappa shape index (κ3) is 1.83. The summed E-state index contributed by atoms with van der Waals surface area (Å²) in [5.41, 5.74) is 4.29. The number of aromatic nitrogens is 2. The lowest BCUT2D eigenvalue weighted by atomic mass is 10.2. The van der Waals surface area contributed by atoms with Gasteiger partial charge < -0.3 is 0 Å². The van der Waals surface area contributed by atoms with Crippen LogP contribution in [0.25, 0.3) is 5.69 Å². The minimum absolute atomic E-state index is 0.546. The van der Waals surface area contributed by atoms with Crippen LogP contribution >= 0.6 is 23.2 Å². The molecule has 84 valence electrons. The van der Waals surface area contributed by atoms with Crippen LogP contribution in [0.4, 0.5) is 0 Å². The van der Waals surface area contributed by atoms with Gasteiger partial charge in [0, 0.05) is 5.69 Å². The van der Waals surface area contributed by atoms with E-state index in [9.17, 15) is 0 Å². The Kier molecular flexibility index (Phi) is 2.96. The molecule has 0 bridgehead atoms. The zero-order chi connectivity index (χ0) is 11.9. The maximum atomic E-state index is 5.99. The van der Waals surface area contributed by atoms with E-state index < -0.39 is 0 Å². The Bertz CT molecular complexity index is 544. The monoisotopic (exact) mass is 254 g/mol. The van der Waals surface area contributed by atoms with Gasteiger partial charge in [0.25, 0.3) is 0 Å². The highest BCUT2D eigenvalue weighted by molar-refractivity contribution is 6.42. The fraction of sp³-hybridized carbons (Fsp3) is 0.250. The Morgan fingerprint density at radius 3 is 2.25 bits per heavy atom. The molecule has 2 rings (SSSR count). The summed E-state index contributed by atoms with van der Waals surface area (Å²) in [6.07, 6.45) is 0. The molecule has 16 heavy (non-hydrogen) atoms. The van der Waals surface area contributed by atoms with Crippen LogP contribution in [0.5, 0.6) is 0 Å². The molecule has 1 aromatic heterocycles. The Morgan fingerprint density at radius 1 is 1.06 bits per heavy atom. The first kappa shape index (κ1) is 11.5. The van der Waals surface area contributed by atoms with Gasteiger partial charge in [-0.2, -0.15) is 5.10 Å². The Labute approximate surface area is 105 Å². The summed E-state index contributed by atoms with van der Waals surface area (Å²) < 4.78 is 1.88. The molecule has 1 heterocycles. The first-order valence-electron chi connectivity index (χ1n) is 4.99. The van der Waals surface area contributed by atoms with E-state index in [4.69, 9.17) is 23.2 Å². The van der Waals surface area contributed by atoms with E-state index in [1.807, 2.05) is 30.7 Å². The average Bonchev–Trinajstić information content (AvgIpc) is 2.50. The van der Waals surface area contributed by atoms with Crippen LogP contribution in [0.2, 0.25) is 10.0 Å². The number of hydrogen-bond donors (Lipinski definition) is 0. The second-order valence-corrected chi connectivity index (χ2v) is 4.62. The molecule has 0 spiro atoms. The van der Waals surface area contributed by atoms with E-state index >= 15 is 0 Å². The summed E-state index contributed by atoms with van der Waals surface area (Å²) in [7, 11) is 0. The van der Waals surface area contributed by atoms with Gasteiger partial charge in [0.1, 0.15) is 0 Å². The molecular weight excluding hydrogens is 243 g/mol. The fourth-order valence-corrected chi connectivity index (χ4v) is 1.88. The molecule has 2 aromatic rings. The predicted molar refractivity (Wildman–Crippen MR) is 67.8 cm³/mol. The molecule has 0 aliphatic carbocycles. The van der Waals surface area contributed by atoms with Crippen LogP contribution in [0.15, 0.2) is 18.2 Å². The number of aryl methyl sites for hydroxylation is 1. The van der Waals surface area contributed by atoms with Crippen molar-refractivity contribution in [1.29, 1.82) is 0 Å². The van der Waals surface area contributed by atoms with Gasteiger partial charge in [-0.25, -0.2) is 4.68 Å². The van der Waals surface area contributed by atoms with Gasteiger partial charge in [-0.1, -0.05) is 23.2 Å². The lowest BCUT2D eigenvalue weighted by Gasteiger charge is -2.05. The Balaban J connectivity index is 2.59. The van der Waals surface area contributed by atoms with E-state index in [1.165, 1.54) is 5.56 Å². The average molecular weight is 255 g/mol. The van der Waals surface area contributed by atoms with Gasteiger partial charge in [0.05, 0.1) is 21.4 Å². The molecule has 2 nitrogen and oxygen atoms in total. The molecule has 0 aliphatic heterocycles. The summed E-state index contributed by atoms with van der Waals surface area (Å²) in [5.74, 6) is 0. The highest BCUT2D eigenvalue weighted by Crippen LogP contribution is 2.25. The van der Waals surface area contributed by atoms with Crippen molar-refractivity contribution >= 4 is 23.2 Å². The molecule has 1 aromatic carbocycles. The number of benzene rings is 1. The highest BCUT2D eigenvalue weighted by atomic mass is 35.5. The standard InChI is InChI=1S/C12H12Cl2N2/c1-7-8(2)15-16(9(7)3)10-4-5-11(13)12(14)6-10/h4-6H,1-3H3. The summed E-state index contributed by atoms with van der Waals surface area (Å²) in [4.78, 5) is 0. The van der Waals surface area contributed by atoms with Crippen LogP contribution < -0.4 is 0 Å². The number of hydrogen-bond acceptors (Lipinski definition) is 1. The summed E-state index contributed by atoms with van der Waals surface area (Å²) in [5, 5.41) is 5.57. The molecule has 4 heteroatoms. The quantitative estimate of drug-likeness (QED) is 0.749. The van der Waals surface area contributed by atoms with Gasteiger partial charge in [0.2, 0.25) is 0 Å². The number of rotatable bonds is 1. The van der Waals surface area contributed by atoms with Crippen molar-refractivity contribution in [2.45, 2.75) is 20.8 Å². The lowest BCUT2D eigenvalue weighted by molar-refractivity contribution is 0.833. The van der Waals surface area contributed by atoms with Crippen LogP contribution in [0.1, 0.15) is 17.0 Å². The molecule has 0 fully saturated rings. The van der Waals surface area contributed by atoms with E-state index in [0.717, 1.165) is 17.1 Å². The van der Waals surface area contributed by atoms with Crippen molar-refractivity contribution in [3.8, 4) is 5.69 Å². The summed E-state index contributed by atoms with van der Waals surface area (Å²) in [6, 6.07) is 5.51. The highest BCUT2D eigenvalue weighted by Gasteiger charge is 2.09. The Morgan fingerprint density at radius 2 is 1.75 bits per heavy atom. The van der Waals surface area contributed by atoms with E-state index in [1.54, 1.807) is 6.07 Å². The molecular formula is C12H12Cl2N2. The second kappa shape index (κ2) is 4.11. The van der Waals surface area contributed by atoms with Crippen molar-refractivity contribution in [3.05, 3.63) is 45.2 Å². The minimum Gasteiger partial charge on any atom is -0.238 e. The van der Waals surface area contributed by atoms with Gasteiger partial charge >= 0.3 is 0 Å². The van der Waals surface area contributed by atoms with E-state index in [-0.39, 0.29) is 0 Å². The van der Waals surface area contributed by atoms with E-state index in [0.29, 0.717) is 10.0 Å². The first-order chi connectivity index (χ1) is 7.50. The second-order valence-electron chi connectivity index (χ2n) is 3.81. The maximum absolute atomic E-state index is 5.99. The van der Waals surface area contributed by atoms with Crippen molar-refractivity contribution in [2.24, 2.45) is 0 Å². The topological polar surface area (TPSA) is 17.8 Å². The van der Waals surface area contributed by atoms with Crippen LogP contribution in [0, 0.1) is 20.8 Å². The lowest BCUT2D eigenvalue weighted by Crippen LogP contribution is -1.99. The summed E-state index contributed by atoms with van der Waals surface area (Å²) in [6.45, 7) is 6.10. The molecule has 0 N–H and O–H groups in total. The maximum Gasteiger partial charge on any atom is 0.0664 e. The van der Waals surface area contributed by atoms with Gasteiger partial charge in [-0.15, -0.1) is 0 Å².